The number of halogens is 1. The third kappa shape index (κ3) is 4.45. The van der Waals surface area contributed by atoms with Crippen LogP contribution in [0, 0.1) is 6.92 Å². The molecule has 32 heavy (non-hydrogen) atoms. The number of hydrogen-bond acceptors (Lipinski definition) is 5. The Labute approximate surface area is 193 Å². The molecule has 0 radical (unpaired) electrons. The quantitative estimate of drug-likeness (QED) is 0.364. The van der Waals surface area contributed by atoms with Gasteiger partial charge in [-0.1, -0.05) is 34.1 Å². The Hall–Kier alpha value is -3.78. The van der Waals surface area contributed by atoms with Crippen molar-refractivity contribution in [1.29, 1.82) is 0 Å². The predicted molar refractivity (Wildman–Crippen MR) is 129 cm³/mol. The molecule has 2 amide bonds. The van der Waals surface area contributed by atoms with Crippen LogP contribution in [0.25, 0.3) is 10.9 Å². The Morgan fingerprint density at radius 3 is 2.53 bits per heavy atom. The number of fused-ring (bicyclic) bond motifs is 1. The predicted octanol–water partition coefficient (Wildman–Crippen LogP) is 5.06. The van der Waals surface area contributed by atoms with Crippen molar-refractivity contribution in [2.45, 2.75) is 6.92 Å². The second kappa shape index (κ2) is 9.15. The molecule has 0 atom stereocenters. The summed E-state index contributed by atoms with van der Waals surface area (Å²) in [4.78, 5) is 34.1. The second-order valence-corrected chi connectivity index (χ2v) is 8.03. The van der Waals surface area contributed by atoms with E-state index in [0.717, 1.165) is 15.7 Å². The number of carbonyl (C=O) groups is 2. The number of rotatable bonds is 5. The number of aryl methyl sites for hydroxylation is 1. The number of para-hydroxylation sites is 1. The summed E-state index contributed by atoms with van der Waals surface area (Å²) in [6, 6.07) is 16.6. The van der Waals surface area contributed by atoms with Gasteiger partial charge < -0.3 is 16.0 Å². The highest BCUT2D eigenvalue weighted by Gasteiger charge is 2.16. The molecule has 8 heteroatoms. The van der Waals surface area contributed by atoms with Crippen molar-refractivity contribution in [1.82, 2.24) is 15.3 Å². The number of nitrogens with one attached hydrogen (secondary N) is 3. The highest BCUT2D eigenvalue weighted by molar-refractivity contribution is 9.10. The van der Waals surface area contributed by atoms with Gasteiger partial charge in [-0.05, 0) is 48.9 Å². The number of anilines is 3. The topological polar surface area (TPSA) is 96.0 Å². The second-order valence-electron chi connectivity index (χ2n) is 7.11. The maximum atomic E-state index is 13.3. The van der Waals surface area contributed by atoms with Crippen LogP contribution in [0.5, 0.6) is 0 Å². The Kier molecular flexibility index (Phi) is 6.13. The zero-order chi connectivity index (χ0) is 22.7. The van der Waals surface area contributed by atoms with Crippen LogP contribution in [-0.4, -0.2) is 28.8 Å². The third-order valence-electron chi connectivity index (χ3n) is 4.97. The Morgan fingerprint density at radius 2 is 1.75 bits per heavy atom. The SMILES string of the molecule is CNC(=O)c1cnc(Nc2ccccc2C)c(NC(=O)c2ccnc3ccc(Br)cc23)c1. The first kappa shape index (κ1) is 21.5. The fourth-order valence-corrected chi connectivity index (χ4v) is 3.64. The molecule has 160 valence electrons. The molecule has 0 fully saturated rings. The van der Waals surface area contributed by atoms with Crippen molar-refractivity contribution >= 4 is 55.8 Å². The summed E-state index contributed by atoms with van der Waals surface area (Å²) in [6.45, 7) is 1.97. The first-order chi connectivity index (χ1) is 15.5. The molecule has 0 saturated heterocycles. The minimum absolute atomic E-state index is 0.297. The molecule has 2 aromatic carbocycles. The molecule has 4 rings (SSSR count). The number of carbonyl (C=O) groups excluding carboxylic acids is 2. The van der Waals surface area contributed by atoms with Gasteiger partial charge in [-0.25, -0.2) is 4.98 Å². The number of benzene rings is 2. The molecule has 4 aromatic rings. The fourth-order valence-electron chi connectivity index (χ4n) is 3.27. The largest absolute Gasteiger partial charge is 0.355 e. The number of hydrogen-bond donors (Lipinski definition) is 3. The summed E-state index contributed by atoms with van der Waals surface area (Å²) in [5.74, 6) is -0.201. The van der Waals surface area contributed by atoms with Crippen LogP contribution in [-0.2, 0) is 0 Å². The number of aromatic nitrogens is 2. The normalized spacial score (nSPS) is 10.6. The Bertz CT molecular complexity index is 1340. The van der Waals surface area contributed by atoms with Gasteiger partial charge in [-0.3, -0.25) is 14.6 Å². The van der Waals surface area contributed by atoms with E-state index in [0.29, 0.717) is 33.5 Å². The molecule has 0 aliphatic carbocycles. The van der Waals surface area contributed by atoms with Crippen LogP contribution < -0.4 is 16.0 Å². The lowest BCUT2D eigenvalue weighted by molar-refractivity contribution is 0.0961. The lowest BCUT2D eigenvalue weighted by atomic mass is 10.1. The van der Waals surface area contributed by atoms with Gasteiger partial charge in [0.15, 0.2) is 5.82 Å². The van der Waals surface area contributed by atoms with Gasteiger partial charge in [-0.2, -0.15) is 0 Å². The van der Waals surface area contributed by atoms with Crippen molar-refractivity contribution < 1.29 is 9.59 Å². The van der Waals surface area contributed by atoms with Crippen LogP contribution in [0.15, 0.2) is 71.5 Å². The smallest absolute Gasteiger partial charge is 0.256 e. The van der Waals surface area contributed by atoms with Crippen LogP contribution in [0.1, 0.15) is 26.3 Å². The maximum absolute atomic E-state index is 13.3. The number of amides is 2. The van der Waals surface area contributed by atoms with Crippen molar-refractivity contribution in [2.75, 3.05) is 17.7 Å². The minimum atomic E-state index is -0.334. The van der Waals surface area contributed by atoms with E-state index in [-0.39, 0.29) is 11.8 Å². The van der Waals surface area contributed by atoms with Crippen molar-refractivity contribution in [3.63, 3.8) is 0 Å². The summed E-state index contributed by atoms with van der Waals surface area (Å²) in [7, 11) is 1.54. The van der Waals surface area contributed by atoms with Gasteiger partial charge in [0, 0.05) is 35.0 Å². The van der Waals surface area contributed by atoms with E-state index in [1.54, 1.807) is 25.4 Å². The molecule has 0 unspecified atom stereocenters. The highest BCUT2D eigenvalue weighted by atomic mass is 79.9. The lowest BCUT2D eigenvalue weighted by Gasteiger charge is -2.15. The lowest BCUT2D eigenvalue weighted by Crippen LogP contribution is -2.20. The van der Waals surface area contributed by atoms with Gasteiger partial charge in [0.1, 0.15) is 0 Å². The number of pyridine rings is 2. The fraction of sp³-hybridized carbons (Fsp3) is 0.0833. The Balaban J connectivity index is 1.74. The molecule has 2 aromatic heterocycles. The zero-order valence-electron chi connectivity index (χ0n) is 17.4. The van der Waals surface area contributed by atoms with Crippen LogP contribution in [0.3, 0.4) is 0 Å². The number of nitrogens with zero attached hydrogens (tertiary/aromatic N) is 2. The maximum Gasteiger partial charge on any atom is 0.256 e. The van der Waals surface area contributed by atoms with E-state index in [9.17, 15) is 9.59 Å². The molecular weight excluding hydrogens is 470 g/mol. The van der Waals surface area contributed by atoms with E-state index < -0.39 is 0 Å². The van der Waals surface area contributed by atoms with Crippen LogP contribution in [0.4, 0.5) is 17.2 Å². The standard InChI is InChI=1S/C24H20BrN5O2/c1-14-5-3-4-6-19(14)29-22-21(11-15(13-28-22)23(31)26-2)30-24(32)17-9-10-27-20-8-7-16(25)12-18(17)20/h3-13H,1-2H3,(H,26,31)(H,28,29)(H,30,32). The molecule has 0 bridgehead atoms. The molecule has 3 N–H and O–H groups in total. The summed E-state index contributed by atoms with van der Waals surface area (Å²) in [5.41, 5.74) is 3.76. The van der Waals surface area contributed by atoms with Gasteiger partial charge in [0.05, 0.1) is 22.3 Å². The van der Waals surface area contributed by atoms with Gasteiger partial charge >= 0.3 is 0 Å². The van der Waals surface area contributed by atoms with E-state index in [1.807, 2.05) is 49.4 Å². The average Bonchev–Trinajstić information content (AvgIpc) is 2.80. The molecule has 7 nitrogen and oxygen atoms in total. The van der Waals surface area contributed by atoms with Gasteiger partial charge in [0.25, 0.3) is 11.8 Å². The molecule has 2 heterocycles. The average molecular weight is 490 g/mol. The summed E-state index contributed by atoms with van der Waals surface area (Å²) in [6.07, 6.45) is 3.06. The molecule has 0 aliphatic heterocycles. The Morgan fingerprint density at radius 1 is 0.938 bits per heavy atom. The van der Waals surface area contributed by atoms with E-state index in [2.05, 4.69) is 41.8 Å². The van der Waals surface area contributed by atoms with E-state index in [4.69, 9.17) is 0 Å². The monoisotopic (exact) mass is 489 g/mol. The van der Waals surface area contributed by atoms with Crippen molar-refractivity contribution in [3.05, 3.63) is 88.2 Å². The van der Waals surface area contributed by atoms with Crippen LogP contribution >= 0.6 is 15.9 Å². The summed E-state index contributed by atoms with van der Waals surface area (Å²) >= 11 is 3.45. The van der Waals surface area contributed by atoms with Crippen molar-refractivity contribution in [2.24, 2.45) is 0 Å². The molecular formula is C24H20BrN5O2. The van der Waals surface area contributed by atoms with Gasteiger partial charge in [-0.15, -0.1) is 0 Å². The summed E-state index contributed by atoms with van der Waals surface area (Å²) < 4.78 is 0.845. The molecule has 0 spiro atoms. The minimum Gasteiger partial charge on any atom is -0.355 e. The first-order valence-electron chi connectivity index (χ1n) is 9.86. The summed E-state index contributed by atoms with van der Waals surface area (Å²) in [5, 5.41) is 9.45. The molecule has 0 aliphatic rings. The van der Waals surface area contributed by atoms with Crippen LogP contribution in [0.2, 0.25) is 0 Å². The first-order valence-corrected chi connectivity index (χ1v) is 10.7. The van der Waals surface area contributed by atoms with E-state index in [1.165, 1.54) is 6.20 Å². The van der Waals surface area contributed by atoms with Gasteiger partial charge in [0.2, 0.25) is 0 Å². The highest BCUT2D eigenvalue weighted by Crippen LogP contribution is 2.28. The van der Waals surface area contributed by atoms with Crippen molar-refractivity contribution in [3.8, 4) is 0 Å². The molecule has 0 saturated carbocycles. The van der Waals surface area contributed by atoms with E-state index >= 15 is 0 Å². The third-order valence-corrected chi connectivity index (χ3v) is 5.46. The zero-order valence-corrected chi connectivity index (χ0v) is 19.0.